The Hall–Kier alpha value is -2.97. The van der Waals surface area contributed by atoms with Crippen LogP contribution in [0.15, 0.2) is 27.8 Å². The molecular weight excluding hydrogens is 322 g/mol. The van der Waals surface area contributed by atoms with Crippen LogP contribution in [0.1, 0.15) is 17.3 Å². The van der Waals surface area contributed by atoms with Crippen molar-refractivity contribution in [3.63, 3.8) is 0 Å². The number of hydrogen-bond donors (Lipinski definition) is 2. The number of benzene rings is 1. The summed E-state index contributed by atoms with van der Waals surface area (Å²) in [4.78, 5) is 36.4. The summed E-state index contributed by atoms with van der Waals surface area (Å²) in [6.45, 7) is 1.44. The van der Waals surface area contributed by atoms with E-state index < -0.39 is 34.7 Å². The molecule has 0 unspecified atom stereocenters. The molecule has 0 spiro atoms. The third-order valence-corrected chi connectivity index (χ3v) is 3.65. The molecule has 0 aliphatic heterocycles. The SMILES string of the molecule is C[C@@H](Nc1ccc(F)c(F)c1)C(=O)c1c(N)n(C)c(=O)n(C)c1=O. The van der Waals surface area contributed by atoms with Crippen LogP contribution in [0, 0.1) is 11.6 Å². The topological polar surface area (TPSA) is 99.1 Å². The minimum absolute atomic E-state index is 0.162. The van der Waals surface area contributed by atoms with Crippen molar-refractivity contribution < 1.29 is 13.6 Å². The Morgan fingerprint density at radius 3 is 2.38 bits per heavy atom. The molecule has 3 N–H and O–H groups in total. The van der Waals surface area contributed by atoms with Crippen LogP contribution in [0.2, 0.25) is 0 Å². The molecule has 0 radical (unpaired) electrons. The lowest BCUT2D eigenvalue weighted by Gasteiger charge is -2.16. The van der Waals surface area contributed by atoms with Crippen molar-refractivity contribution >= 4 is 17.3 Å². The van der Waals surface area contributed by atoms with Crippen molar-refractivity contribution in [3.05, 3.63) is 56.2 Å². The Bertz CT molecular complexity index is 934. The summed E-state index contributed by atoms with van der Waals surface area (Å²) in [5, 5.41) is 2.67. The first-order valence-electron chi connectivity index (χ1n) is 6.96. The van der Waals surface area contributed by atoms with Crippen LogP contribution in [0.3, 0.4) is 0 Å². The normalized spacial score (nSPS) is 12.0. The van der Waals surface area contributed by atoms with Crippen molar-refractivity contribution in [1.82, 2.24) is 9.13 Å². The molecule has 2 rings (SSSR count). The van der Waals surface area contributed by atoms with Gasteiger partial charge in [0, 0.05) is 25.8 Å². The zero-order chi connectivity index (χ0) is 18.2. The van der Waals surface area contributed by atoms with E-state index in [2.05, 4.69) is 5.32 Å². The lowest BCUT2D eigenvalue weighted by molar-refractivity contribution is 0.0973. The molecule has 9 heteroatoms. The largest absolute Gasteiger partial charge is 0.384 e. The predicted molar refractivity (Wildman–Crippen MR) is 85.1 cm³/mol. The summed E-state index contributed by atoms with van der Waals surface area (Å²) in [5.74, 6) is -3.02. The first-order chi connectivity index (χ1) is 11.1. The number of aromatic nitrogens is 2. The fourth-order valence-corrected chi connectivity index (χ4v) is 2.21. The van der Waals surface area contributed by atoms with Crippen molar-refractivity contribution in [3.8, 4) is 0 Å². The second-order valence-corrected chi connectivity index (χ2v) is 5.33. The van der Waals surface area contributed by atoms with Gasteiger partial charge in [0.25, 0.3) is 5.56 Å². The molecule has 0 saturated heterocycles. The monoisotopic (exact) mass is 338 g/mol. The van der Waals surface area contributed by atoms with Gasteiger partial charge in [0.1, 0.15) is 11.4 Å². The third kappa shape index (κ3) is 2.92. The minimum Gasteiger partial charge on any atom is -0.384 e. The number of carbonyl (C=O) groups excluding carboxylic acids is 1. The fourth-order valence-electron chi connectivity index (χ4n) is 2.21. The van der Waals surface area contributed by atoms with Gasteiger partial charge in [-0.15, -0.1) is 0 Å². The Labute approximate surface area is 135 Å². The summed E-state index contributed by atoms with van der Waals surface area (Å²) >= 11 is 0. The number of nitrogens with zero attached hydrogens (tertiary/aromatic N) is 2. The molecule has 0 saturated carbocycles. The van der Waals surface area contributed by atoms with E-state index in [0.29, 0.717) is 0 Å². The zero-order valence-electron chi connectivity index (χ0n) is 13.3. The summed E-state index contributed by atoms with van der Waals surface area (Å²) in [5.41, 5.74) is 4.06. The maximum absolute atomic E-state index is 13.2. The molecule has 7 nitrogen and oxygen atoms in total. The number of rotatable bonds is 4. The van der Waals surface area contributed by atoms with E-state index in [-0.39, 0.29) is 17.1 Å². The number of ketones is 1. The Balaban J connectivity index is 2.40. The molecule has 24 heavy (non-hydrogen) atoms. The number of nitrogens with two attached hydrogens (primary N) is 1. The molecule has 0 aliphatic carbocycles. The van der Waals surface area contributed by atoms with Gasteiger partial charge in [-0.25, -0.2) is 13.6 Å². The van der Waals surface area contributed by atoms with Crippen molar-refractivity contribution in [1.29, 1.82) is 0 Å². The average Bonchev–Trinajstić information content (AvgIpc) is 2.54. The van der Waals surface area contributed by atoms with Crippen molar-refractivity contribution in [2.24, 2.45) is 14.1 Å². The number of hydrogen-bond acceptors (Lipinski definition) is 5. The Morgan fingerprint density at radius 2 is 1.79 bits per heavy atom. The molecular formula is C15H16F2N4O3. The highest BCUT2D eigenvalue weighted by Crippen LogP contribution is 2.16. The van der Waals surface area contributed by atoms with Crippen LogP contribution >= 0.6 is 0 Å². The van der Waals surface area contributed by atoms with E-state index in [9.17, 15) is 23.2 Å². The second kappa shape index (κ2) is 6.26. The minimum atomic E-state index is -1.07. The summed E-state index contributed by atoms with van der Waals surface area (Å²) in [7, 11) is 2.57. The standard InChI is InChI=1S/C15H16F2N4O3/c1-7(19-8-4-5-9(16)10(17)6-8)12(22)11-13(18)20(2)15(24)21(3)14(11)23/h4-7,19H,18H2,1-3H3/t7-/m1/s1. The van der Waals surface area contributed by atoms with Gasteiger partial charge < -0.3 is 11.1 Å². The van der Waals surface area contributed by atoms with Gasteiger partial charge in [-0.1, -0.05) is 0 Å². The molecule has 1 aromatic carbocycles. The quantitative estimate of drug-likeness (QED) is 0.797. The zero-order valence-corrected chi connectivity index (χ0v) is 13.3. The number of halogens is 2. The van der Waals surface area contributed by atoms with Crippen molar-refractivity contribution in [2.45, 2.75) is 13.0 Å². The Morgan fingerprint density at radius 1 is 1.17 bits per heavy atom. The highest BCUT2D eigenvalue weighted by Gasteiger charge is 2.24. The maximum atomic E-state index is 13.2. The van der Waals surface area contributed by atoms with Crippen LogP contribution in [0.4, 0.5) is 20.3 Å². The molecule has 1 heterocycles. The van der Waals surface area contributed by atoms with Gasteiger partial charge in [-0.05, 0) is 19.1 Å². The smallest absolute Gasteiger partial charge is 0.332 e. The lowest BCUT2D eigenvalue weighted by atomic mass is 10.1. The molecule has 0 aliphatic rings. The van der Waals surface area contributed by atoms with Crippen LogP contribution in [0.5, 0.6) is 0 Å². The number of anilines is 2. The van der Waals surface area contributed by atoms with Crippen LogP contribution < -0.4 is 22.3 Å². The van der Waals surface area contributed by atoms with Crippen LogP contribution in [-0.4, -0.2) is 21.0 Å². The van der Waals surface area contributed by atoms with E-state index in [4.69, 9.17) is 5.73 Å². The number of nitrogens with one attached hydrogen (secondary N) is 1. The highest BCUT2D eigenvalue weighted by atomic mass is 19.2. The summed E-state index contributed by atoms with van der Waals surface area (Å²) in [6, 6.07) is 2.10. The van der Waals surface area contributed by atoms with Crippen LogP contribution in [-0.2, 0) is 14.1 Å². The van der Waals surface area contributed by atoms with Gasteiger partial charge in [0.05, 0.1) is 6.04 Å². The molecule has 0 fully saturated rings. The molecule has 2 aromatic rings. The van der Waals surface area contributed by atoms with Gasteiger partial charge in [-0.2, -0.15) is 0 Å². The third-order valence-electron chi connectivity index (χ3n) is 3.65. The number of Topliss-reactive ketones (excluding diaryl/α,β-unsaturated/α-hetero) is 1. The van der Waals surface area contributed by atoms with Gasteiger partial charge in [0.15, 0.2) is 17.4 Å². The highest BCUT2D eigenvalue weighted by molar-refractivity contribution is 6.04. The molecule has 1 atom stereocenters. The summed E-state index contributed by atoms with van der Waals surface area (Å²) in [6.07, 6.45) is 0. The molecule has 0 bridgehead atoms. The van der Waals surface area contributed by atoms with E-state index in [1.807, 2.05) is 0 Å². The van der Waals surface area contributed by atoms with Gasteiger partial charge in [-0.3, -0.25) is 18.7 Å². The first kappa shape index (κ1) is 17.4. The van der Waals surface area contributed by atoms with E-state index in [1.54, 1.807) is 0 Å². The van der Waals surface area contributed by atoms with Gasteiger partial charge in [0.2, 0.25) is 0 Å². The number of carbonyl (C=O) groups is 1. The average molecular weight is 338 g/mol. The van der Waals surface area contributed by atoms with E-state index >= 15 is 0 Å². The second-order valence-electron chi connectivity index (χ2n) is 5.33. The lowest BCUT2D eigenvalue weighted by Crippen LogP contribution is -2.43. The van der Waals surface area contributed by atoms with E-state index in [1.165, 1.54) is 27.1 Å². The maximum Gasteiger partial charge on any atom is 0.332 e. The Kier molecular flexibility index (Phi) is 4.54. The molecule has 0 amide bonds. The number of nitrogen functional groups attached to an aromatic ring is 1. The fraction of sp³-hybridized carbons (Fsp3) is 0.267. The van der Waals surface area contributed by atoms with E-state index in [0.717, 1.165) is 21.3 Å². The van der Waals surface area contributed by atoms with Crippen LogP contribution in [0.25, 0.3) is 0 Å². The first-order valence-corrected chi connectivity index (χ1v) is 6.96. The predicted octanol–water partition coefficient (Wildman–Crippen LogP) is 0.628. The van der Waals surface area contributed by atoms with Crippen molar-refractivity contribution in [2.75, 3.05) is 11.1 Å². The molecule has 128 valence electrons. The summed E-state index contributed by atoms with van der Waals surface area (Å²) < 4.78 is 27.9. The molecule has 1 aromatic heterocycles. The van der Waals surface area contributed by atoms with Gasteiger partial charge >= 0.3 is 5.69 Å².